The van der Waals surface area contributed by atoms with Gasteiger partial charge in [0.15, 0.2) is 0 Å². The highest BCUT2D eigenvalue weighted by Gasteiger charge is 2.11. The van der Waals surface area contributed by atoms with E-state index >= 15 is 0 Å². The minimum atomic E-state index is 0.228. The maximum absolute atomic E-state index is 10.3. The van der Waals surface area contributed by atoms with E-state index in [2.05, 4.69) is 20.9 Å². The van der Waals surface area contributed by atoms with Gasteiger partial charge in [0.2, 0.25) is 5.88 Å². The molecule has 0 radical (unpaired) electrons. The van der Waals surface area contributed by atoms with Crippen molar-refractivity contribution in [1.82, 2.24) is 4.57 Å². The number of aliphatic imine (C=N–C) groups is 1. The molecule has 0 fully saturated rings. The van der Waals surface area contributed by atoms with Crippen LogP contribution in [0.25, 0.3) is 10.9 Å². The summed E-state index contributed by atoms with van der Waals surface area (Å²) < 4.78 is 2.79. The first-order valence-corrected chi connectivity index (χ1v) is 7.44. The molecule has 0 aliphatic carbocycles. The van der Waals surface area contributed by atoms with Crippen LogP contribution in [0.15, 0.2) is 51.9 Å². The van der Waals surface area contributed by atoms with Crippen molar-refractivity contribution in [2.75, 3.05) is 0 Å². The molecule has 0 atom stereocenters. The van der Waals surface area contributed by atoms with Gasteiger partial charge in [-0.1, -0.05) is 40.2 Å². The van der Waals surface area contributed by atoms with E-state index in [4.69, 9.17) is 0 Å². The lowest BCUT2D eigenvalue weighted by molar-refractivity contribution is 0.434. The number of rotatable bonds is 2. The molecule has 0 aliphatic rings. The van der Waals surface area contributed by atoms with Crippen LogP contribution in [0.2, 0.25) is 0 Å². The topological polar surface area (TPSA) is 37.5 Å². The van der Waals surface area contributed by atoms with Crippen LogP contribution >= 0.6 is 15.9 Å². The maximum Gasteiger partial charge on any atom is 0.200 e. The molecule has 1 N–H and O–H groups in total. The average molecular weight is 343 g/mol. The molecule has 1 aromatic heterocycles. The molecule has 0 saturated heterocycles. The van der Waals surface area contributed by atoms with Crippen molar-refractivity contribution in [2.24, 2.45) is 12.0 Å². The molecular weight excluding hydrogens is 328 g/mol. The molecule has 0 amide bonds. The Morgan fingerprint density at radius 1 is 1.19 bits per heavy atom. The highest BCUT2D eigenvalue weighted by Crippen LogP contribution is 2.29. The largest absolute Gasteiger partial charge is 0.494 e. The molecule has 106 valence electrons. The Morgan fingerprint density at radius 3 is 2.71 bits per heavy atom. The summed E-state index contributed by atoms with van der Waals surface area (Å²) in [5.41, 5.74) is 3.74. The molecule has 21 heavy (non-hydrogen) atoms. The highest BCUT2D eigenvalue weighted by atomic mass is 79.9. The Balaban J connectivity index is 2.07. The normalized spacial score (nSPS) is 11.6. The van der Waals surface area contributed by atoms with Gasteiger partial charge in [-0.3, -0.25) is 4.99 Å². The van der Waals surface area contributed by atoms with Gasteiger partial charge in [0.25, 0.3) is 0 Å². The Bertz CT molecular complexity index is 849. The molecule has 3 nitrogen and oxygen atoms in total. The number of aromatic nitrogens is 1. The summed E-state index contributed by atoms with van der Waals surface area (Å²) in [4.78, 5) is 4.47. The van der Waals surface area contributed by atoms with Crippen LogP contribution in [0.5, 0.6) is 5.88 Å². The lowest BCUT2D eigenvalue weighted by Gasteiger charge is -1.99. The van der Waals surface area contributed by atoms with Crippen LogP contribution in [-0.2, 0) is 7.05 Å². The van der Waals surface area contributed by atoms with Crippen molar-refractivity contribution in [3.05, 3.63) is 58.1 Å². The van der Waals surface area contributed by atoms with E-state index in [1.165, 1.54) is 5.56 Å². The molecule has 0 unspecified atom stereocenters. The second-order valence-corrected chi connectivity index (χ2v) is 5.86. The Morgan fingerprint density at radius 2 is 1.95 bits per heavy atom. The summed E-state index contributed by atoms with van der Waals surface area (Å²) in [5.74, 6) is 0.228. The fourth-order valence-corrected chi connectivity index (χ4v) is 2.70. The fourth-order valence-electron chi connectivity index (χ4n) is 2.34. The van der Waals surface area contributed by atoms with Crippen molar-refractivity contribution < 1.29 is 5.11 Å². The molecule has 0 saturated carbocycles. The first kappa shape index (κ1) is 13.9. The summed E-state index contributed by atoms with van der Waals surface area (Å²) in [5, 5.41) is 11.3. The van der Waals surface area contributed by atoms with E-state index < -0.39 is 0 Å². The zero-order valence-corrected chi connectivity index (χ0v) is 13.4. The van der Waals surface area contributed by atoms with Crippen molar-refractivity contribution >= 4 is 38.7 Å². The quantitative estimate of drug-likeness (QED) is 0.673. The summed E-state index contributed by atoms with van der Waals surface area (Å²) in [6, 6.07) is 13.8. The van der Waals surface area contributed by atoms with Gasteiger partial charge in [0.05, 0.1) is 16.8 Å². The van der Waals surface area contributed by atoms with E-state index in [0.29, 0.717) is 0 Å². The van der Waals surface area contributed by atoms with Gasteiger partial charge >= 0.3 is 0 Å². The van der Waals surface area contributed by atoms with Gasteiger partial charge in [-0.15, -0.1) is 0 Å². The van der Waals surface area contributed by atoms with E-state index in [9.17, 15) is 5.11 Å². The van der Waals surface area contributed by atoms with Crippen LogP contribution in [0.3, 0.4) is 0 Å². The summed E-state index contributed by atoms with van der Waals surface area (Å²) in [6.07, 6.45) is 1.72. The smallest absolute Gasteiger partial charge is 0.200 e. The monoisotopic (exact) mass is 342 g/mol. The van der Waals surface area contributed by atoms with Crippen LogP contribution in [0.1, 0.15) is 11.1 Å². The molecular formula is C17H15BrN2O. The number of fused-ring (bicyclic) bond motifs is 1. The number of hydrogen-bond acceptors (Lipinski definition) is 2. The number of aromatic hydroxyl groups is 1. The van der Waals surface area contributed by atoms with Gasteiger partial charge in [0, 0.05) is 23.1 Å². The van der Waals surface area contributed by atoms with Crippen molar-refractivity contribution in [1.29, 1.82) is 0 Å². The maximum atomic E-state index is 10.3. The Hall–Kier alpha value is -2.07. The summed E-state index contributed by atoms with van der Waals surface area (Å²) in [6.45, 7) is 2.04. The molecule has 2 aromatic carbocycles. The highest BCUT2D eigenvalue weighted by molar-refractivity contribution is 9.10. The third-order valence-corrected chi connectivity index (χ3v) is 4.47. The SMILES string of the molecule is Cc1ccc(N=Cc2c(O)n(C)c3ccccc23)cc1Br. The molecule has 1 heterocycles. The summed E-state index contributed by atoms with van der Waals surface area (Å²) >= 11 is 3.50. The molecule has 4 heteroatoms. The zero-order chi connectivity index (χ0) is 15.0. The van der Waals surface area contributed by atoms with Crippen LogP contribution in [-0.4, -0.2) is 15.9 Å². The lowest BCUT2D eigenvalue weighted by Crippen LogP contribution is -1.86. The van der Waals surface area contributed by atoms with E-state index in [1.807, 2.05) is 56.4 Å². The summed E-state index contributed by atoms with van der Waals surface area (Å²) in [7, 11) is 1.84. The Kier molecular flexibility index (Phi) is 3.55. The van der Waals surface area contributed by atoms with Gasteiger partial charge in [0.1, 0.15) is 0 Å². The fraction of sp³-hybridized carbons (Fsp3) is 0.118. The van der Waals surface area contributed by atoms with Gasteiger partial charge in [-0.2, -0.15) is 0 Å². The van der Waals surface area contributed by atoms with Crippen molar-refractivity contribution in [2.45, 2.75) is 6.92 Å². The number of nitrogens with zero attached hydrogens (tertiary/aromatic N) is 2. The number of aryl methyl sites for hydroxylation is 2. The van der Waals surface area contributed by atoms with E-state index in [0.717, 1.165) is 26.6 Å². The average Bonchev–Trinajstić information content (AvgIpc) is 2.73. The minimum Gasteiger partial charge on any atom is -0.494 e. The first-order chi connectivity index (χ1) is 10.1. The van der Waals surface area contributed by atoms with Gasteiger partial charge in [-0.05, 0) is 30.7 Å². The third kappa shape index (κ3) is 2.47. The van der Waals surface area contributed by atoms with Gasteiger partial charge in [-0.25, -0.2) is 0 Å². The number of para-hydroxylation sites is 1. The Labute approximate surface area is 131 Å². The molecule has 0 aliphatic heterocycles. The van der Waals surface area contributed by atoms with Crippen molar-refractivity contribution in [3.8, 4) is 5.88 Å². The zero-order valence-electron chi connectivity index (χ0n) is 11.8. The molecule has 0 bridgehead atoms. The standard InChI is InChI=1S/C17H15BrN2O/c1-11-7-8-12(9-15(11)18)19-10-14-13-5-3-4-6-16(13)20(2)17(14)21/h3-10,21H,1-2H3. The number of hydrogen-bond donors (Lipinski definition) is 1. The van der Waals surface area contributed by atoms with Crippen LogP contribution in [0, 0.1) is 6.92 Å². The van der Waals surface area contributed by atoms with Crippen molar-refractivity contribution in [3.63, 3.8) is 0 Å². The predicted molar refractivity (Wildman–Crippen MR) is 90.7 cm³/mol. The molecule has 3 rings (SSSR count). The molecule has 0 spiro atoms. The van der Waals surface area contributed by atoms with Gasteiger partial charge < -0.3 is 9.67 Å². The number of benzene rings is 2. The lowest BCUT2D eigenvalue weighted by atomic mass is 10.2. The number of halogens is 1. The van der Waals surface area contributed by atoms with Crippen LogP contribution < -0.4 is 0 Å². The van der Waals surface area contributed by atoms with E-state index in [1.54, 1.807) is 10.8 Å². The van der Waals surface area contributed by atoms with E-state index in [-0.39, 0.29) is 5.88 Å². The van der Waals surface area contributed by atoms with Crippen LogP contribution in [0.4, 0.5) is 5.69 Å². The minimum absolute atomic E-state index is 0.228. The molecule has 3 aromatic rings. The second-order valence-electron chi connectivity index (χ2n) is 5.01. The first-order valence-electron chi connectivity index (χ1n) is 6.64. The third-order valence-electron chi connectivity index (χ3n) is 3.61. The second kappa shape index (κ2) is 5.37. The predicted octanol–water partition coefficient (Wildman–Crippen LogP) is 4.71.